The van der Waals surface area contributed by atoms with E-state index in [0.717, 1.165) is 10.5 Å². The highest BCUT2D eigenvalue weighted by molar-refractivity contribution is 6.21. The summed E-state index contributed by atoms with van der Waals surface area (Å²) in [6.07, 6.45) is 0.340. The van der Waals surface area contributed by atoms with Crippen molar-refractivity contribution in [2.45, 2.75) is 32.8 Å². The molecule has 0 saturated heterocycles. The topological polar surface area (TPSA) is 72.9 Å². The summed E-state index contributed by atoms with van der Waals surface area (Å²) in [7, 11) is 1.58. The molecule has 0 fully saturated rings. The van der Waals surface area contributed by atoms with Crippen molar-refractivity contribution in [1.82, 2.24) is 4.90 Å². The zero-order valence-corrected chi connectivity index (χ0v) is 17.1. The van der Waals surface area contributed by atoms with Gasteiger partial charge in [0, 0.05) is 6.54 Å². The predicted octanol–water partition coefficient (Wildman–Crippen LogP) is 3.49. The van der Waals surface area contributed by atoms with E-state index in [1.165, 1.54) is 0 Å². The normalized spacial score (nSPS) is 14.6. The molecule has 3 rings (SSSR count). The number of amides is 2. The number of ether oxygens (including phenoxy) is 2. The van der Waals surface area contributed by atoms with Gasteiger partial charge in [-0.25, -0.2) is 0 Å². The second-order valence-corrected chi connectivity index (χ2v) is 8.05. The lowest BCUT2D eigenvalue weighted by Gasteiger charge is -2.26. The monoisotopic (exact) mass is 395 g/mol. The lowest BCUT2D eigenvalue weighted by Crippen LogP contribution is -2.40. The molecule has 1 atom stereocenters. The molecule has 152 valence electrons. The van der Waals surface area contributed by atoms with Gasteiger partial charge in [-0.05, 0) is 57.0 Å². The van der Waals surface area contributed by atoms with Crippen molar-refractivity contribution in [2.75, 3.05) is 13.7 Å². The minimum atomic E-state index is -0.676. The molecular formula is C23H25NO5. The summed E-state index contributed by atoms with van der Waals surface area (Å²) in [6.45, 7) is 5.33. The number of fused-ring (bicyclic) bond motifs is 1. The summed E-state index contributed by atoms with van der Waals surface area (Å²) in [5, 5.41) is 0. The highest BCUT2D eigenvalue weighted by Gasteiger charge is 2.38. The summed E-state index contributed by atoms with van der Waals surface area (Å²) in [5.41, 5.74) is 0.949. The highest BCUT2D eigenvalue weighted by Crippen LogP contribution is 2.26. The van der Waals surface area contributed by atoms with Crippen molar-refractivity contribution >= 4 is 17.8 Å². The first-order valence-corrected chi connectivity index (χ1v) is 9.50. The number of nitrogens with zero attached hydrogens (tertiary/aromatic N) is 1. The number of esters is 1. The van der Waals surface area contributed by atoms with Crippen molar-refractivity contribution in [2.24, 2.45) is 5.92 Å². The van der Waals surface area contributed by atoms with Crippen LogP contribution in [-0.2, 0) is 16.0 Å². The Morgan fingerprint density at radius 3 is 2.00 bits per heavy atom. The third kappa shape index (κ3) is 4.65. The molecule has 1 unspecified atom stereocenters. The maximum Gasteiger partial charge on any atom is 0.311 e. The smallest absolute Gasteiger partial charge is 0.311 e. The molecule has 2 aromatic carbocycles. The fraction of sp³-hybridized carbons (Fsp3) is 0.348. The van der Waals surface area contributed by atoms with Crippen LogP contribution in [0.5, 0.6) is 5.75 Å². The van der Waals surface area contributed by atoms with Gasteiger partial charge in [-0.3, -0.25) is 19.3 Å². The number of methoxy groups -OCH3 is 1. The standard InChI is InChI=1S/C23H25NO5/c1-23(2,3)29-22(27)16(13-15-9-11-17(28-4)12-10-15)14-24-20(25)18-7-5-6-8-19(18)21(24)26/h5-12,16H,13-14H2,1-4H3. The first-order valence-electron chi connectivity index (χ1n) is 9.50. The molecule has 1 aliphatic heterocycles. The van der Waals surface area contributed by atoms with Crippen molar-refractivity contribution in [1.29, 1.82) is 0 Å². The van der Waals surface area contributed by atoms with Crippen LogP contribution in [0.4, 0.5) is 0 Å². The maximum atomic E-state index is 12.9. The average molecular weight is 395 g/mol. The number of rotatable bonds is 6. The van der Waals surface area contributed by atoms with Crippen LogP contribution in [0.25, 0.3) is 0 Å². The third-order valence-corrected chi connectivity index (χ3v) is 4.66. The highest BCUT2D eigenvalue weighted by atomic mass is 16.6. The van der Waals surface area contributed by atoms with Crippen LogP contribution in [-0.4, -0.2) is 41.9 Å². The Kier molecular flexibility index (Phi) is 5.73. The zero-order valence-electron chi connectivity index (χ0n) is 17.1. The second-order valence-electron chi connectivity index (χ2n) is 8.05. The lowest BCUT2D eigenvalue weighted by molar-refractivity contribution is -0.160. The van der Waals surface area contributed by atoms with Gasteiger partial charge >= 0.3 is 5.97 Å². The van der Waals surface area contributed by atoms with Gasteiger partial charge in [0.2, 0.25) is 0 Å². The van der Waals surface area contributed by atoms with E-state index >= 15 is 0 Å². The van der Waals surface area contributed by atoms with Crippen LogP contribution in [0.2, 0.25) is 0 Å². The molecule has 0 N–H and O–H groups in total. The number of carbonyl (C=O) groups excluding carboxylic acids is 3. The first kappa shape index (κ1) is 20.6. The van der Waals surface area contributed by atoms with E-state index < -0.39 is 17.5 Å². The molecule has 0 bridgehead atoms. The first-order chi connectivity index (χ1) is 13.7. The number of hydrogen-bond acceptors (Lipinski definition) is 5. The number of hydrogen-bond donors (Lipinski definition) is 0. The summed E-state index contributed by atoms with van der Waals surface area (Å²) < 4.78 is 10.7. The van der Waals surface area contributed by atoms with Crippen molar-refractivity contribution < 1.29 is 23.9 Å². The number of imide groups is 1. The number of benzene rings is 2. The zero-order chi connectivity index (χ0) is 21.2. The van der Waals surface area contributed by atoms with Gasteiger partial charge in [0.05, 0.1) is 24.2 Å². The second kappa shape index (κ2) is 8.07. The van der Waals surface area contributed by atoms with E-state index in [4.69, 9.17) is 9.47 Å². The SMILES string of the molecule is COc1ccc(CC(CN2C(=O)c3ccccc3C2=O)C(=O)OC(C)(C)C)cc1. The van der Waals surface area contributed by atoms with Crippen molar-refractivity contribution in [3.8, 4) is 5.75 Å². The fourth-order valence-electron chi connectivity index (χ4n) is 3.28. The van der Waals surface area contributed by atoms with Crippen LogP contribution >= 0.6 is 0 Å². The van der Waals surface area contributed by atoms with Crippen molar-refractivity contribution in [3.05, 3.63) is 65.2 Å². The molecule has 2 amide bonds. The van der Waals surface area contributed by atoms with Gasteiger partial charge in [0.1, 0.15) is 11.4 Å². The van der Waals surface area contributed by atoms with Crippen molar-refractivity contribution in [3.63, 3.8) is 0 Å². The van der Waals surface area contributed by atoms with Gasteiger partial charge in [0.25, 0.3) is 11.8 Å². The average Bonchev–Trinajstić information content (AvgIpc) is 2.92. The minimum absolute atomic E-state index is 0.0344. The maximum absolute atomic E-state index is 12.9. The lowest BCUT2D eigenvalue weighted by atomic mass is 9.98. The molecule has 1 aliphatic rings. The van der Waals surface area contributed by atoms with Gasteiger partial charge in [0.15, 0.2) is 0 Å². The molecule has 6 heteroatoms. The fourth-order valence-corrected chi connectivity index (χ4v) is 3.28. The van der Waals surface area contributed by atoms with Crippen LogP contribution in [0.3, 0.4) is 0 Å². The Balaban J connectivity index is 1.84. The van der Waals surface area contributed by atoms with E-state index in [0.29, 0.717) is 23.3 Å². The Hall–Kier alpha value is -3.15. The minimum Gasteiger partial charge on any atom is -0.497 e. The van der Waals surface area contributed by atoms with Crippen LogP contribution in [0, 0.1) is 5.92 Å². The molecule has 0 aromatic heterocycles. The Bertz CT molecular complexity index is 892. The quantitative estimate of drug-likeness (QED) is 0.553. The molecule has 1 heterocycles. The molecule has 29 heavy (non-hydrogen) atoms. The van der Waals surface area contributed by atoms with Gasteiger partial charge in [-0.15, -0.1) is 0 Å². The largest absolute Gasteiger partial charge is 0.497 e. The van der Waals surface area contributed by atoms with E-state index in [-0.39, 0.29) is 18.4 Å². The van der Waals surface area contributed by atoms with Crippen LogP contribution in [0.15, 0.2) is 48.5 Å². The molecule has 0 spiro atoms. The van der Waals surface area contributed by atoms with E-state index in [1.807, 2.05) is 24.3 Å². The molecule has 0 radical (unpaired) electrons. The predicted molar refractivity (Wildman–Crippen MR) is 108 cm³/mol. The van der Waals surface area contributed by atoms with E-state index in [9.17, 15) is 14.4 Å². The van der Waals surface area contributed by atoms with Gasteiger partial charge in [-0.2, -0.15) is 0 Å². The van der Waals surface area contributed by atoms with Crippen LogP contribution in [0.1, 0.15) is 47.1 Å². The molecule has 2 aromatic rings. The summed E-state index contributed by atoms with van der Waals surface area (Å²) >= 11 is 0. The molecule has 0 aliphatic carbocycles. The Morgan fingerprint density at radius 1 is 0.966 bits per heavy atom. The van der Waals surface area contributed by atoms with E-state index in [2.05, 4.69) is 0 Å². The van der Waals surface area contributed by atoms with E-state index in [1.54, 1.807) is 52.1 Å². The Morgan fingerprint density at radius 2 is 1.52 bits per heavy atom. The Labute approximate surface area is 170 Å². The summed E-state index contributed by atoms with van der Waals surface area (Å²) in [5.74, 6) is -1.17. The third-order valence-electron chi connectivity index (χ3n) is 4.66. The molecular weight excluding hydrogens is 370 g/mol. The summed E-state index contributed by atoms with van der Waals surface area (Å²) in [4.78, 5) is 39.5. The van der Waals surface area contributed by atoms with Gasteiger partial charge < -0.3 is 9.47 Å². The number of carbonyl (C=O) groups is 3. The summed E-state index contributed by atoms with van der Waals surface area (Å²) in [6, 6.07) is 14.0. The van der Waals surface area contributed by atoms with Gasteiger partial charge in [-0.1, -0.05) is 24.3 Å². The van der Waals surface area contributed by atoms with Crippen LogP contribution < -0.4 is 4.74 Å². The molecule has 0 saturated carbocycles. The molecule has 6 nitrogen and oxygen atoms in total.